The maximum atomic E-state index is 12.5. The number of rotatable bonds is 6. The number of carboxylic acid groups (broad SMARTS) is 1. The van der Waals surface area contributed by atoms with E-state index in [1.807, 2.05) is 61.5 Å². The summed E-state index contributed by atoms with van der Waals surface area (Å²) in [5.41, 5.74) is 6.30. The first-order valence-electron chi connectivity index (χ1n) is 10.0. The number of alkyl carbamates (subject to hydrolysis) is 1. The van der Waals surface area contributed by atoms with Gasteiger partial charge >= 0.3 is 12.1 Å². The maximum absolute atomic E-state index is 12.5. The van der Waals surface area contributed by atoms with Crippen molar-refractivity contribution in [2.24, 2.45) is 0 Å². The fourth-order valence-corrected chi connectivity index (χ4v) is 4.47. The van der Waals surface area contributed by atoms with Gasteiger partial charge in [0.05, 0.1) is 0 Å². The smallest absolute Gasteiger partial charge is 0.407 e. The first kappa shape index (κ1) is 21.1. The van der Waals surface area contributed by atoms with Crippen molar-refractivity contribution < 1.29 is 19.4 Å². The van der Waals surface area contributed by atoms with E-state index in [0.717, 1.165) is 37.9 Å². The molecule has 3 aromatic rings. The summed E-state index contributed by atoms with van der Waals surface area (Å²) in [4.78, 5) is 24.2. The largest absolute Gasteiger partial charge is 0.480 e. The van der Waals surface area contributed by atoms with Gasteiger partial charge in [-0.3, -0.25) is 0 Å². The zero-order chi connectivity index (χ0) is 22.0. The van der Waals surface area contributed by atoms with Crippen LogP contribution < -0.4 is 5.32 Å². The lowest BCUT2D eigenvalue weighted by Gasteiger charge is -2.18. The fraction of sp³-hybridized carbons (Fsp3) is 0.200. The molecule has 2 N–H and O–H groups in total. The molecule has 1 unspecified atom stereocenters. The average Bonchev–Trinajstić information content (AvgIpc) is 3.08. The van der Waals surface area contributed by atoms with Crippen LogP contribution in [0.2, 0.25) is 0 Å². The van der Waals surface area contributed by atoms with Crippen molar-refractivity contribution in [3.8, 4) is 11.1 Å². The van der Waals surface area contributed by atoms with Crippen LogP contribution in [0.15, 0.2) is 71.2 Å². The minimum absolute atomic E-state index is 0.0752. The van der Waals surface area contributed by atoms with Crippen LogP contribution in [-0.4, -0.2) is 29.8 Å². The molecular formula is C25H22BrNO4. The van der Waals surface area contributed by atoms with Gasteiger partial charge in [-0.2, -0.15) is 0 Å². The van der Waals surface area contributed by atoms with E-state index >= 15 is 0 Å². The molecule has 158 valence electrons. The number of amides is 1. The molecule has 0 saturated carbocycles. The van der Waals surface area contributed by atoms with Crippen LogP contribution in [0.1, 0.15) is 28.2 Å². The molecule has 0 heterocycles. The Morgan fingerprint density at radius 3 is 2.26 bits per heavy atom. The summed E-state index contributed by atoms with van der Waals surface area (Å²) in [6.45, 7) is 2.05. The van der Waals surface area contributed by atoms with Crippen LogP contribution in [-0.2, 0) is 16.0 Å². The van der Waals surface area contributed by atoms with Crippen molar-refractivity contribution in [2.45, 2.75) is 25.3 Å². The maximum Gasteiger partial charge on any atom is 0.407 e. The zero-order valence-corrected chi connectivity index (χ0v) is 18.6. The average molecular weight is 480 g/mol. The molecule has 1 aliphatic carbocycles. The van der Waals surface area contributed by atoms with Gasteiger partial charge in [0.15, 0.2) is 0 Å². The number of fused-ring (bicyclic) bond motifs is 3. The third kappa shape index (κ3) is 4.49. The number of hydrogen-bond donors (Lipinski definition) is 2. The molecule has 0 bridgehead atoms. The lowest BCUT2D eigenvalue weighted by atomic mass is 9.98. The van der Waals surface area contributed by atoms with E-state index in [0.29, 0.717) is 0 Å². The van der Waals surface area contributed by atoms with E-state index in [4.69, 9.17) is 4.74 Å². The van der Waals surface area contributed by atoms with Crippen molar-refractivity contribution in [2.75, 3.05) is 6.61 Å². The molecule has 1 atom stereocenters. The second-order valence-corrected chi connectivity index (χ2v) is 8.55. The third-order valence-electron chi connectivity index (χ3n) is 5.67. The lowest BCUT2D eigenvalue weighted by Crippen LogP contribution is -2.43. The normalized spacial score (nSPS) is 13.2. The Kier molecular flexibility index (Phi) is 6.09. The van der Waals surface area contributed by atoms with Gasteiger partial charge in [-0.1, -0.05) is 70.5 Å². The van der Waals surface area contributed by atoms with Crippen LogP contribution in [0.25, 0.3) is 11.1 Å². The van der Waals surface area contributed by atoms with Gasteiger partial charge < -0.3 is 15.2 Å². The molecule has 31 heavy (non-hydrogen) atoms. The van der Waals surface area contributed by atoms with Gasteiger partial charge in [-0.15, -0.1) is 0 Å². The third-order valence-corrected chi connectivity index (χ3v) is 6.16. The van der Waals surface area contributed by atoms with Gasteiger partial charge in [-0.05, 0) is 52.4 Å². The van der Waals surface area contributed by atoms with Gasteiger partial charge in [0.25, 0.3) is 0 Å². The van der Waals surface area contributed by atoms with Gasteiger partial charge in [0.2, 0.25) is 0 Å². The van der Waals surface area contributed by atoms with Crippen LogP contribution in [0.3, 0.4) is 0 Å². The standard InChI is InChI=1S/C25H22BrNO4/c1-15-10-11-17(26)12-16(15)13-23(24(28)29)27-25(30)31-14-22-20-8-4-2-6-18(20)19-7-3-5-9-21(19)22/h2-12,22-23H,13-14H2,1H3,(H,27,30)(H,28,29). The molecule has 4 rings (SSSR count). The Morgan fingerprint density at radius 1 is 1.03 bits per heavy atom. The minimum atomic E-state index is -1.10. The van der Waals surface area contributed by atoms with Gasteiger partial charge in [0, 0.05) is 16.8 Å². The van der Waals surface area contributed by atoms with E-state index in [1.54, 1.807) is 0 Å². The molecule has 0 radical (unpaired) electrons. The van der Waals surface area contributed by atoms with E-state index in [9.17, 15) is 14.7 Å². The molecule has 6 heteroatoms. The summed E-state index contributed by atoms with van der Waals surface area (Å²) in [6, 6.07) is 20.7. The number of carbonyl (C=O) groups is 2. The summed E-state index contributed by atoms with van der Waals surface area (Å²) < 4.78 is 6.35. The molecule has 0 saturated heterocycles. The molecule has 1 amide bonds. The molecule has 5 nitrogen and oxygen atoms in total. The Morgan fingerprint density at radius 2 is 1.65 bits per heavy atom. The van der Waals surface area contributed by atoms with Crippen molar-refractivity contribution in [3.63, 3.8) is 0 Å². The first-order chi connectivity index (χ1) is 14.9. The van der Waals surface area contributed by atoms with Crippen LogP contribution in [0, 0.1) is 6.92 Å². The zero-order valence-electron chi connectivity index (χ0n) is 17.0. The lowest BCUT2D eigenvalue weighted by molar-refractivity contribution is -0.139. The highest BCUT2D eigenvalue weighted by Crippen LogP contribution is 2.44. The molecule has 1 aliphatic rings. The van der Waals surface area contributed by atoms with Gasteiger partial charge in [0.1, 0.15) is 12.6 Å². The second kappa shape index (κ2) is 8.94. The summed E-state index contributed by atoms with van der Waals surface area (Å²) in [7, 11) is 0. The topological polar surface area (TPSA) is 75.6 Å². The number of aryl methyl sites for hydroxylation is 1. The molecule has 0 spiro atoms. The quantitative estimate of drug-likeness (QED) is 0.503. The highest BCUT2D eigenvalue weighted by atomic mass is 79.9. The van der Waals surface area contributed by atoms with Crippen LogP contribution >= 0.6 is 15.9 Å². The number of halogens is 1. The number of ether oxygens (including phenoxy) is 1. The van der Waals surface area contributed by atoms with E-state index < -0.39 is 18.1 Å². The predicted molar refractivity (Wildman–Crippen MR) is 122 cm³/mol. The van der Waals surface area contributed by atoms with Gasteiger partial charge in [-0.25, -0.2) is 9.59 Å². The van der Waals surface area contributed by atoms with Crippen LogP contribution in [0.4, 0.5) is 4.79 Å². The minimum Gasteiger partial charge on any atom is -0.480 e. The predicted octanol–water partition coefficient (Wildman–Crippen LogP) is 5.29. The summed E-state index contributed by atoms with van der Waals surface area (Å²) >= 11 is 3.40. The highest BCUT2D eigenvalue weighted by Gasteiger charge is 2.29. The SMILES string of the molecule is Cc1ccc(Br)cc1CC(NC(=O)OCC1c2ccccc2-c2ccccc21)C(=O)O. The summed E-state index contributed by atoms with van der Waals surface area (Å²) in [6.07, 6.45) is -0.563. The number of carboxylic acids is 1. The second-order valence-electron chi connectivity index (χ2n) is 7.64. The highest BCUT2D eigenvalue weighted by molar-refractivity contribution is 9.10. The Hall–Kier alpha value is -3.12. The number of carbonyl (C=O) groups excluding carboxylic acids is 1. The first-order valence-corrected chi connectivity index (χ1v) is 10.8. The van der Waals surface area contributed by atoms with Crippen molar-refractivity contribution in [3.05, 3.63) is 93.5 Å². The molecule has 0 fully saturated rings. The van der Waals surface area contributed by atoms with E-state index in [-0.39, 0.29) is 18.9 Å². The van der Waals surface area contributed by atoms with Crippen molar-refractivity contribution in [1.82, 2.24) is 5.32 Å². The monoisotopic (exact) mass is 479 g/mol. The number of benzene rings is 3. The van der Waals surface area contributed by atoms with Crippen LogP contribution in [0.5, 0.6) is 0 Å². The summed E-state index contributed by atoms with van der Waals surface area (Å²) in [5, 5.41) is 12.1. The Balaban J connectivity index is 1.45. The fourth-order valence-electron chi connectivity index (χ4n) is 4.06. The number of aliphatic carboxylic acids is 1. The molecule has 3 aromatic carbocycles. The van der Waals surface area contributed by atoms with E-state index in [2.05, 4.69) is 33.4 Å². The Labute approximate surface area is 189 Å². The Bertz CT molecular complexity index is 1100. The molecule has 0 aliphatic heterocycles. The molecular weight excluding hydrogens is 458 g/mol. The summed E-state index contributed by atoms with van der Waals surface area (Å²) in [5.74, 6) is -1.18. The van der Waals surface area contributed by atoms with E-state index in [1.165, 1.54) is 0 Å². The number of nitrogens with one attached hydrogen (secondary N) is 1. The molecule has 0 aromatic heterocycles. The van der Waals surface area contributed by atoms with Crippen molar-refractivity contribution in [1.29, 1.82) is 0 Å². The number of hydrogen-bond acceptors (Lipinski definition) is 3. The van der Waals surface area contributed by atoms with Crippen molar-refractivity contribution >= 4 is 28.0 Å².